The number of rotatable bonds is 2. The molecule has 0 unspecified atom stereocenters. The lowest BCUT2D eigenvalue weighted by atomic mass is 9.45. The van der Waals surface area contributed by atoms with Crippen molar-refractivity contribution in [2.45, 2.75) is 91.1 Å². The molecule has 0 aromatic carbocycles. The maximum atomic E-state index is 6.19. The van der Waals surface area contributed by atoms with E-state index in [0.717, 1.165) is 30.3 Å². The highest BCUT2D eigenvalue weighted by Gasteiger charge is 2.59. The van der Waals surface area contributed by atoms with Crippen molar-refractivity contribution in [3.8, 4) is 0 Å². The van der Waals surface area contributed by atoms with Crippen LogP contribution in [0, 0.1) is 34.5 Å². The van der Waals surface area contributed by atoms with E-state index in [-0.39, 0.29) is 0 Å². The van der Waals surface area contributed by atoms with Crippen molar-refractivity contribution >= 4 is 0 Å². The summed E-state index contributed by atoms with van der Waals surface area (Å²) in [6.45, 7) is 8.35. The summed E-state index contributed by atoms with van der Waals surface area (Å²) in [5.74, 6) is 4.06. The summed E-state index contributed by atoms with van der Waals surface area (Å²) in [4.78, 5) is 0. The van der Waals surface area contributed by atoms with Crippen LogP contribution < -0.4 is 0 Å². The fourth-order valence-electron chi connectivity index (χ4n) is 7.72. The van der Waals surface area contributed by atoms with Crippen LogP contribution in [0.2, 0.25) is 0 Å². The number of ether oxygens (including phenoxy) is 1. The minimum absolute atomic E-state index is 0.495. The van der Waals surface area contributed by atoms with Crippen molar-refractivity contribution in [2.75, 3.05) is 6.61 Å². The zero-order valence-corrected chi connectivity index (χ0v) is 15.1. The van der Waals surface area contributed by atoms with E-state index in [0.29, 0.717) is 16.9 Å². The average Bonchev–Trinajstić information content (AvgIpc) is 2.84. The molecule has 0 heterocycles. The highest BCUT2D eigenvalue weighted by molar-refractivity contribution is 5.09. The van der Waals surface area contributed by atoms with Crippen molar-refractivity contribution < 1.29 is 4.74 Å². The molecule has 22 heavy (non-hydrogen) atoms. The van der Waals surface area contributed by atoms with Gasteiger partial charge in [0.15, 0.2) is 0 Å². The van der Waals surface area contributed by atoms with Gasteiger partial charge >= 0.3 is 0 Å². The van der Waals surface area contributed by atoms with E-state index in [4.69, 9.17) is 4.74 Å². The Labute approximate surface area is 137 Å². The average molecular weight is 305 g/mol. The second kappa shape index (κ2) is 5.50. The standard InChI is InChI=1S/C21H36O/c1-4-22-19-11-10-17-16-9-8-15-7-5-6-13-20(15,2)18(16)12-14-21(17,19)3/h15-19H,4-14H2,1-3H3/t15-,16+,17+,18+,19+,20+,21+/m1/s1. The van der Waals surface area contributed by atoms with Crippen molar-refractivity contribution in [1.29, 1.82) is 0 Å². The van der Waals surface area contributed by atoms with Gasteiger partial charge in [-0.1, -0.05) is 26.7 Å². The summed E-state index contributed by atoms with van der Waals surface area (Å²) in [5, 5.41) is 0. The Kier molecular flexibility index (Phi) is 3.87. The lowest BCUT2D eigenvalue weighted by Crippen LogP contribution is -2.53. The van der Waals surface area contributed by atoms with Crippen molar-refractivity contribution in [1.82, 2.24) is 0 Å². The molecule has 0 aromatic rings. The molecule has 126 valence electrons. The molecule has 1 heteroatoms. The third-order valence-corrected chi connectivity index (χ3v) is 8.86. The zero-order chi connectivity index (χ0) is 15.4. The van der Waals surface area contributed by atoms with E-state index in [2.05, 4.69) is 20.8 Å². The first-order valence-corrected chi connectivity index (χ1v) is 10.2. The van der Waals surface area contributed by atoms with Crippen LogP contribution in [0.4, 0.5) is 0 Å². The third kappa shape index (κ3) is 2.06. The Bertz CT molecular complexity index is 418. The molecule has 4 aliphatic rings. The first-order chi connectivity index (χ1) is 10.6. The van der Waals surface area contributed by atoms with Gasteiger partial charge in [0.2, 0.25) is 0 Å². The van der Waals surface area contributed by atoms with E-state index in [1.807, 2.05) is 0 Å². The van der Waals surface area contributed by atoms with Gasteiger partial charge in [0.05, 0.1) is 6.10 Å². The minimum atomic E-state index is 0.495. The summed E-state index contributed by atoms with van der Waals surface area (Å²) in [5.41, 5.74) is 1.18. The van der Waals surface area contributed by atoms with Crippen molar-refractivity contribution in [2.24, 2.45) is 34.5 Å². The highest BCUT2D eigenvalue weighted by atomic mass is 16.5. The van der Waals surface area contributed by atoms with Gasteiger partial charge in [-0.3, -0.25) is 0 Å². The maximum absolute atomic E-state index is 6.19. The fourth-order valence-corrected chi connectivity index (χ4v) is 7.72. The molecule has 0 saturated heterocycles. The highest BCUT2D eigenvalue weighted by Crippen LogP contribution is 2.66. The summed E-state index contributed by atoms with van der Waals surface area (Å²) in [7, 11) is 0. The third-order valence-electron chi connectivity index (χ3n) is 8.86. The van der Waals surface area contributed by atoms with E-state index in [1.54, 1.807) is 0 Å². The number of fused-ring (bicyclic) bond motifs is 5. The van der Waals surface area contributed by atoms with Gasteiger partial charge in [0.25, 0.3) is 0 Å². The normalized spacial score (nSPS) is 54.4. The van der Waals surface area contributed by atoms with Crippen molar-refractivity contribution in [3.05, 3.63) is 0 Å². The molecule has 0 spiro atoms. The lowest BCUT2D eigenvalue weighted by molar-refractivity contribution is -0.129. The van der Waals surface area contributed by atoms with E-state index >= 15 is 0 Å². The van der Waals surface area contributed by atoms with Gasteiger partial charge in [-0.15, -0.1) is 0 Å². The first-order valence-electron chi connectivity index (χ1n) is 10.2. The molecule has 0 N–H and O–H groups in total. The van der Waals surface area contributed by atoms with Crippen LogP contribution in [0.1, 0.15) is 85.0 Å². The minimum Gasteiger partial charge on any atom is -0.378 e. The van der Waals surface area contributed by atoms with Crippen LogP contribution >= 0.6 is 0 Å². The summed E-state index contributed by atoms with van der Waals surface area (Å²) in [6.07, 6.45) is 15.4. The Morgan fingerprint density at radius 3 is 2.45 bits per heavy atom. The molecule has 4 saturated carbocycles. The van der Waals surface area contributed by atoms with Gasteiger partial charge in [0, 0.05) is 6.61 Å². The summed E-state index contributed by atoms with van der Waals surface area (Å²) < 4.78 is 6.19. The van der Waals surface area contributed by atoms with Gasteiger partial charge < -0.3 is 4.74 Å². The molecule has 0 aliphatic heterocycles. The lowest BCUT2D eigenvalue weighted by Gasteiger charge is -2.60. The van der Waals surface area contributed by atoms with E-state index in [1.165, 1.54) is 64.2 Å². The molecular formula is C21H36O. The molecule has 7 atom stereocenters. The van der Waals surface area contributed by atoms with Crippen LogP contribution in [-0.4, -0.2) is 12.7 Å². The van der Waals surface area contributed by atoms with Crippen LogP contribution in [0.3, 0.4) is 0 Å². The van der Waals surface area contributed by atoms with Gasteiger partial charge in [0.1, 0.15) is 0 Å². The SMILES string of the molecule is CCO[C@H]1CC[C@H]2[C@@H]3CC[C@H]4CCCC[C@]4(C)[C@H]3CC[C@]12C. The zero-order valence-electron chi connectivity index (χ0n) is 15.1. The number of hydrogen-bond donors (Lipinski definition) is 0. The molecule has 4 fully saturated rings. The molecule has 0 radical (unpaired) electrons. The quantitative estimate of drug-likeness (QED) is 0.624. The second-order valence-corrected chi connectivity index (χ2v) is 9.47. The van der Waals surface area contributed by atoms with Gasteiger partial charge in [-0.25, -0.2) is 0 Å². The molecule has 0 amide bonds. The first kappa shape index (κ1) is 15.5. The maximum Gasteiger partial charge on any atom is 0.0631 e. The Morgan fingerprint density at radius 1 is 0.818 bits per heavy atom. The smallest absolute Gasteiger partial charge is 0.0631 e. The van der Waals surface area contributed by atoms with Crippen LogP contribution in [0.5, 0.6) is 0 Å². The topological polar surface area (TPSA) is 9.23 Å². The van der Waals surface area contributed by atoms with E-state index in [9.17, 15) is 0 Å². The monoisotopic (exact) mass is 304 g/mol. The Balaban J connectivity index is 1.59. The van der Waals surface area contributed by atoms with Crippen LogP contribution in [-0.2, 0) is 4.74 Å². The van der Waals surface area contributed by atoms with Crippen molar-refractivity contribution in [3.63, 3.8) is 0 Å². The Morgan fingerprint density at radius 2 is 1.64 bits per heavy atom. The predicted molar refractivity (Wildman–Crippen MR) is 91.8 cm³/mol. The molecule has 1 nitrogen and oxygen atoms in total. The molecule has 0 bridgehead atoms. The molecule has 0 aromatic heterocycles. The largest absolute Gasteiger partial charge is 0.378 e. The van der Waals surface area contributed by atoms with Crippen LogP contribution in [0.15, 0.2) is 0 Å². The van der Waals surface area contributed by atoms with Gasteiger partial charge in [-0.05, 0) is 92.8 Å². The molecule has 4 aliphatic carbocycles. The second-order valence-electron chi connectivity index (χ2n) is 9.47. The summed E-state index contributed by atoms with van der Waals surface area (Å²) in [6, 6.07) is 0. The fraction of sp³-hybridized carbons (Fsp3) is 1.00. The summed E-state index contributed by atoms with van der Waals surface area (Å²) >= 11 is 0. The van der Waals surface area contributed by atoms with Gasteiger partial charge in [-0.2, -0.15) is 0 Å². The van der Waals surface area contributed by atoms with E-state index < -0.39 is 0 Å². The van der Waals surface area contributed by atoms with Crippen LogP contribution in [0.25, 0.3) is 0 Å². The Hall–Kier alpha value is -0.0400. The predicted octanol–water partition coefficient (Wildman–Crippen LogP) is 5.82. The molecule has 4 rings (SSSR count). The molecular weight excluding hydrogens is 268 g/mol. The number of hydrogen-bond acceptors (Lipinski definition) is 1.